The number of carbonyl (C=O) groups is 2. The lowest BCUT2D eigenvalue weighted by atomic mass is 10.1. The lowest BCUT2D eigenvalue weighted by Crippen LogP contribution is -2.36. The van der Waals surface area contributed by atoms with Gasteiger partial charge in [0.15, 0.2) is 0 Å². The Morgan fingerprint density at radius 3 is 2.82 bits per heavy atom. The van der Waals surface area contributed by atoms with Crippen LogP contribution in [0.2, 0.25) is 0 Å². The first-order valence-electron chi connectivity index (χ1n) is 9.28. The van der Waals surface area contributed by atoms with Crippen LogP contribution in [0.25, 0.3) is 0 Å². The number of ether oxygens (including phenoxy) is 1. The Kier molecular flexibility index (Phi) is 9.67. The van der Waals surface area contributed by atoms with Crippen LogP contribution in [0, 0.1) is 4.91 Å². The second kappa shape index (κ2) is 11.7. The molecule has 1 N–H and O–H groups in total. The molecule has 0 aliphatic carbocycles. The van der Waals surface area contributed by atoms with E-state index in [0.29, 0.717) is 17.2 Å². The zero-order valence-corrected chi connectivity index (χ0v) is 18.6. The fourth-order valence-corrected chi connectivity index (χ4v) is 6.01. The average molecular weight is 443 g/mol. The molecule has 28 heavy (non-hydrogen) atoms. The predicted molar refractivity (Wildman–Crippen MR) is 119 cm³/mol. The molecule has 6 nitrogen and oxygen atoms in total. The van der Waals surface area contributed by atoms with Gasteiger partial charge in [0.25, 0.3) is 5.91 Å². The highest BCUT2D eigenvalue weighted by molar-refractivity contribution is 8.77. The SMILES string of the molecule is CC(C)(CNC(=O)c1ccccc1OC(=O)CCCC[C@H]1CCSS1)SN=O. The monoisotopic (exact) mass is 442 g/mol. The van der Waals surface area contributed by atoms with Crippen LogP contribution in [0.4, 0.5) is 0 Å². The zero-order chi connectivity index (χ0) is 20.4. The van der Waals surface area contributed by atoms with Gasteiger partial charge in [-0.15, -0.1) is 4.91 Å². The molecule has 0 unspecified atom stereocenters. The molecule has 0 bridgehead atoms. The fourth-order valence-electron chi connectivity index (χ4n) is 2.64. The van der Waals surface area contributed by atoms with E-state index in [1.54, 1.807) is 24.3 Å². The van der Waals surface area contributed by atoms with E-state index in [2.05, 4.69) is 9.90 Å². The molecule has 0 radical (unpaired) electrons. The minimum Gasteiger partial charge on any atom is -0.426 e. The third-order valence-electron chi connectivity index (χ3n) is 4.20. The molecule has 1 aliphatic heterocycles. The lowest BCUT2D eigenvalue weighted by Gasteiger charge is -2.20. The third-order valence-corrected chi connectivity index (χ3v) is 7.92. The van der Waals surface area contributed by atoms with Gasteiger partial charge in [0, 0.05) is 40.5 Å². The van der Waals surface area contributed by atoms with Crippen LogP contribution in [0.1, 0.15) is 56.3 Å². The topological polar surface area (TPSA) is 84.8 Å². The number of carbonyl (C=O) groups excluding carboxylic acids is 2. The Labute approximate surface area is 178 Å². The highest BCUT2D eigenvalue weighted by Gasteiger charge is 2.22. The first-order chi connectivity index (χ1) is 13.4. The van der Waals surface area contributed by atoms with Crippen molar-refractivity contribution in [1.29, 1.82) is 0 Å². The van der Waals surface area contributed by atoms with E-state index in [1.807, 2.05) is 35.4 Å². The van der Waals surface area contributed by atoms with Crippen molar-refractivity contribution in [2.24, 2.45) is 4.58 Å². The molecule has 1 heterocycles. The quantitative estimate of drug-likeness (QED) is 0.125. The summed E-state index contributed by atoms with van der Waals surface area (Å²) < 4.78 is 7.74. The Morgan fingerprint density at radius 1 is 1.32 bits per heavy atom. The molecule has 1 aliphatic rings. The number of hydrogen-bond donors (Lipinski definition) is 1. The molecule has 1 amide bonds. The number of benzene rings is 1. The van der Waals surface area contributed by atoms with Gasteiger partial charge in [-0.05, 0) is 45.2 Å². The lowest BCUT2D eigenvalue weighted by molar-refractivity contribution is -0.134. The standard InChI is InChI=1S/C19H26N2O4S3/c1-19(2,28-21-24)13-20-18(23)15-8-4-5-9-16(15)25-17(22)10-6-3-7-14-11-12-26-27-14/h4-5,8-9,14H,3,6-7,10-13H2,1-2H3,(H,20,23)/t14-/m0/s1. The molecular weight excluding hydrogens is 416 g/mol. The van der Waals surface area contributed by atoms with E-state index in [0.717, 1.165) is 31.2 Å². The number of hydrogen-bond acceptors (Lipinski definition) is 8. The van der Waals surface area contributed by atoms with Crippen LogP contribution >= 0.6 is 33.5 Å². The summed E-state index contributed by atoms with van der Waals surface area (Å²) in [6.45, 7) is 3.89. The third kappa shape index (κ3) is 8.05. The van der Waals surface area contributed by atoms with E-state index in [9.17, 15) is 14.5 Å². The second-order valence-electron chi connectivity index (χ2n) is 7.15. The van der Waals surface area contributed by atoms with Crippen LogP contribution in [0.3, 0.4) is 0 Å². The molecular formula is C19H26N2O4S3. The van der Waals surface area contributed by atoms with Crippen LogP contribution in [0.15, 0.2) is 28.8 Å². The van der Waals surface area contributed by atoms with Gasteiger partial charge in [0.2, 0.25) is 0 Å². The van der Waals surface area contributed by atoms with Gasteiger partial charge in [-0.25, -0.2) is 0 Å². The van der Waals surface area contributed by atoms with Crippen molar-refractivity contribution in [3.05, 3.63) is 34.7 Å². The van der Waals surface area contributed by atoms with Crippen molar-refractivity contribution < 1.29 is 14.3 Å². The summed E-state index contributed by atoms with van der Waals surface area (Å²) in [6.07, 6.45) is 4.52. The molecule has 2 rings (SSSR count). The molecule has 154 valence electrons. The van der Waals surface area contributed by atoms with Crippen LogP contribution in [-0.4, -0.2) is 34.2 Å². The van der Waals surface area contributed by atoms with Gasteiger partial charge in [-0.1, -0.05) is 40.1 Å². The largest absolute Gasteiger partial charge is 0.426 e. The van der Waals surface area contributed by atoms with Crippen molar-refractivity contribution in [1.82, 2.24) is 5.32 Å². The molecule has 1 aromatic carbocycles. The molecule has 0 saturated carbocycles. The number of para-hydroxylation sites is 1. The van der Waals surface area contributed by atoms with Crippen molar-refractivity contribution in [3.63, 3.8) is 0 Å². The van der Waals surface area contributed by atoms with E-state index < -0.39 is 4.75 Å². The number of rotatable bonds is 11. The van der Waals surface area contributed by atoms with Crippen molar-refractivity contribution in [2.45, 2.75) is 55.9 Å². The van der Waals surface area contributed by atoms with Crippen LogP contribution < -0.4 is 10.1 Å². The number of nitrogens with zero attached hydrogens (tertiary/aromatic N) is 1. The van der Waals surface area contributed by atoms with E-state index in [1.165, 1.54) is 12.2 Å². The highest BCUT2D eigenvalue weighted by atomic mass is 33.1. The summed E-state index contributed by atoms with van der Waals surface area (Å²) in [7, 11) is 3.88. The number of nitrogens with one attached hydrogen (secondary N) is 1. The Hall–Kier alpha value is -1.19. The van der Waals surface area contributed by atoms with E-state index in [4.69, 9.17) is 4.74 Å². The summed E-state index contributed by atoms with van der Waals surface area (Å²) in [5.41, 5.74) is 0.301. The maximum absolute atomic E-state index is 12.5. The number of esters is 1. The van der Waals surface area contributed by atoms with Crippen LogP contribution in [0.5, 0.6) is 5.75 Å². The van der Waals surface area contributed by atoms with E-state index in [-0.39, 0.29) is 24.2 Å². The zero-order valence-electron chi connectivity index (χ0n) is 16.1. The number of unbranched alkanes of at least 4 members (excludes halogenated alkanes) is 1. The molecule has 0 spiro atoms. The number of amides is 1. The van der Waals surface area contributed by atoms with Crippen molar-refractivity contribution in [3.8, 4) is 5.75 Å². The fraction of sp³-hybridized carbons (Fsp3) is 0.579. The molecule has 1 fully saturated rings. The normalized spacial score (nSPS) is 16.6. The van der Waals surface area contributed by atoms with Gasteiger partial charge in [-0.3, -0.25) is 9.59 Å². The minimum atomic E-state index is -0.515. The Balaban J connectivity index is 1.82. The maximum atomic E-state index is 12.5. The molecule has 0 aromatic heterocycles. The van der Waals surface area contributed by atoms with Gasteiger partial charge in [0.1, 0.15) is 5.75 Å². The smallest absolute Gasteiger partial charge is 0.311 e. The summed E-state index contributed by atoms with van der Waals surface area (Å²) >= 11 is 0.872. The summed E-state index contributed by atoms with van der Waals surface area (Å²) in [5.74, 6) is 0.804. The first-order valence-corrected chi connectivity index (χ1v) is 12.4. The second-order valence-corrected chi connectivity index (χ2v) is 11.4. The maximum Gasteiger partial charge on any atom is 0.311 e. The van der Waals surface area contributed by atoms with Gasteiger partial charge in [-0.2, -0.15) is 0 Å². The summed E-state index contributed by atoms with van der Waals surface area (Å²) in [5, 5.41) is 3.48. The van der Waals surface area contributed by atoms with Gasteiger partial charge >= 0.3 is 5.97 Å². The Bertz CT molecular complexity index is 679. The molecule has 1 aromatic rings. The van der Waals surface area contributed by atoms with Crippen LogP contribution in [-0.2, 0) is 4.79 Å². The molecule has 1 saturated heterocycles. The van der Waals surface area contributed by atoms with E-state index >= 15 is 0 Å². The number of nitroso groups, excluding NO2 is 1. The first kappa shape index (κ1) is 23.1. The van der Waals surface area contributed by atoms with Gasteiger partial charge < -0.3 is 10.1 Å². The summed E-state index contributed by atoms with van der Waals surface area (Å²) in [4.78, 5) is 35.1. The van der Waals surface area contributed by atoms with Gasteiger partial charge in [0.05, 0.1) is 10.3 Å². The predicted octanol–water partition coefficient (Wildman–Crippen LogP) is 5.23. The summed E-state index contributed by atoms with van der Waals surface area (Å²) in [6, 6.07) is 6.68. The van der Waals surface area contributed by atoms with Crippen molar-refractivity contribution >= 4 is 45.4 Å². The average Bonchev–Trinajstić information content (AvgIpc) is 3.17. The van der Waals surface area contributed by atoms with Crippen molar-refractivity contribution in [2.75, 3.05) is 12.3 Å². The molecule has 1 atom stereocenters. The Morgan fingerprint density at radius 2 is 2.11 bits per heavy atom. The highest BCUT2D eigenvalue weighted by Crippen LogP contribution is 2.39. The minimum absolute atomic E-state index is 0.256. The molecule has 9 heteroatoms.